The van der Waals surface area contributed by atoms with Crippen LogP contribution in [0.1, 0.15) is 18.4 Å². The molecule has 1 fully saturated rings. The van der Waals surface area contributed by atoms with Gasteiger partial charge in [-0.15, -0.1) is 0 Å². The van der Waals surface area contributed by atoms with E-state index in [-0.39, 0.29) is 0 Å². The van der Waals surface area contributed by atoms with Gasteiger partial charge in [0, 0.05) is 11.7 Å². The lowest BCUT2D eigenvalue weighted by Gasteiger charge is -2.25. The van der Waals surface area contributed by atoms with Crippen LogP contribution in [0.4, 0.5) is 5.69 Å². The van der Waals surface area contributed by atoms with Gasteiger partial charge in [-0.25, -0.2) is 0 Å². The summed E-state index contributed by atoms with van der Waals surface area (Å²) in [5.41, 5.74) is 8.23. The zero-order chi connectivity index (χ0) is 11.2. The molecular weight excluding hydrogens is 198 g/mol. The van der Waals surface area contributed by atoms with Crippen molar-refractivity contribution in [3.8, 4) is 0 Å². The van der Waals surface area contributed by atoms with E-state index in [1.54, 1.807) is 0 Å². The second-order valence-electron chi connectivity index (χ2n) is 4.36. The molecule has 1 aromatic carbocycles. The maximum atomic E-state index is 5.62. The zero-order valence-corrected chi connectivity index (χ0v) is 9.71. The van der Waals surface area contributed by atoms with Gasteiger partial charge in [0.15, 0.2) is 0 Å². The van der Waals surface area contributed by atoms with E-state index in [9.17, 15) is 0 Å². The molecule has 16 heavy (non-hydrogen) atoms. The molecule has 3 heteroatoms. The largest absolute Gasteiger partial charge is 0.382 e. The number of hydrogen-bond donors (Lipinski definition) is 3. The van der Waals surface area contributed by atoms with Gasteiger partial charge < -0.3 is 16.4 Å². The molecule has 0 bridgehead atoms. The van der Waals surface area contributed by atoms with Crippen LogP contribution in [0, 0.1) is 0 Å². The number of nitrogens with one attached hydrogen (secondary N) is 2. The molecule has 0 radical (unpaired) electrons. The van der Waals surface area contributed by atoms with E-state index in [1.165, 1.54) is 24.1 Å². The van der Waals surface area contributed by atoms with Gasteiger partial charge in [-0.1, -0.05) is 18.2 Å². The maximum Gasteiger partial charge on any atom is 0.0375 e. The molecule has 4 N–H and O–H groups in total. The normalized spacial score (nSPS) is 17.3. The minimum absolute atomic E-state index is 0.611. The first-order valence-electron chi connectivity index (χ1n) is 6.15. The Balaban J connectivity index is 2.01. The van der Waals surface area contributed by atoms with Crippen LogP contribution < -0.4 is 16.4 Å². The minimum atomic E-state index is 0.611. The van der Waals surface area contributed by atoms with Crippen LogP contribution in [0.3, 0.4) is 0 Å². The van der Waals surface area contributed by atoms with E-state index in [2.05, 4.69) is 34.9 Å². The van der Waals surface area contributed by atoms with Crippen molar-refractivity contribution >= 4 is 5.69 Å². The number of hydrogen-bond acceptors (Lipinski definition) is 3. The minimum Gasteiger partial charge on any atom is -0.382 e. The van der Waals surface area contributed by atoms with Gasteiger partial charge in [0.2, 0.25) is 0 Å². The Morgan fingerprint density at radius 2 is 2.00 bits per heavy atom. The van der Waals surface area contributed by atoms with E-state index in [1.807, 2.05) is 0 Å². The first kappa shape index (κ1) is 11.4. The third-order valence-corrected chi connectivity index (χ3v) is 3.13. The van der Waals surface area contributed by atoms with Crippen molar-refractivity contribution in [2.45, 2.75) is 25.3 Å². The summed E-state index contributed by atoms with van der Waals surface area (Å²) >= 11 is 0. The number of rotatable bonds is 4. The second-order valence-corrected chi connectivity index (χ2v) is 4.36. The topological polar surface area (TPSA) is 50.1 Å². The summed E-state index contributed by atoms with van der Waals surface area (Å²) in [6.45, 7) is 2.96. The summed E-state index contributed by atoms with van der Waals surface area (Å²) in [4.78, 5) is 0. The molecule has 0 amide bonds. The predicted octanol–water partition coefficient (Wildman–Crippen LogP) is 1.35. The van der Waals surface area contributed by atoms with Crippen molar-refractivity contribution in [1.29, 1.82) is 0 Å². The van der Waals surface area contributed by atoms with Gasteiger partial charge in [0.25, 0.3) is 0 Å². The molecule has 0 aliphatic carbocycles. The van der Waals surface area contributed by atoms with E-state index in [0.717, 1.165) is 19.5 Å². The summed E-state index contributed by atoms with van der Waals surface area (Å²) in [6.07, 6.45) is 3.36. The van der Waals surface area contributed by atoms with Crippen LogP contribution in [0.15, 0.2) is 24.3 Å². The highest BCUT2D eigenvalue weighted by molar-refractivity contribution is 5.52. The molecule has 0 atom stereocenters. The van der Waals surface area contributed by atoms with Crippen LogP contribution in [0.5, 0.6) is 0 Å². The molecule has 1 aliphatic rings. The highest BCUT2D eigenvalue weighted by Gasteiger charge is 2.13. The molecule has 1 aromatic rings. The van der Waals surface area contributed by atoms with E-state index in [4.69, 9.17) is 5.73 Å². The number of para-hydroxylation sites is 1. The molecule has 1 saturated heterocycles. The Morgan fingerprint density at radius 1 is 1.25 bits per heavy atom. The summed E-state index contributed by atoms with van der Waals surface area (Å²) < 4.78 is 0. The molecule has 88 valence electrons. The maximum absolute atomic E-state index is 5.62. The van der Waals surface area contributed by atoms with Gasteiger partial charge in [-0.3, -0.25) is 0 Å². The van der Waals surface area contributed by atoms with Crippen molar-refractivity contribution in [3.05, 3.63) is 29.8 Å². The zero-order valence-electron chi connectivity index (χ0n) is 9.71. The number of benzene rings is 1. The molecule has 0 unspecified atom stereocenters. The fourth-order valence-corrected chi connectivity index (χ4v) is 2.22. The standard InChI is InChI=1S/C13H21N3/c14-8-5-11-3-1-2-4-13(11)16-12-6-9-15-10-7-12/h1-4,12,15-16H,5-10,14H2. The molecular formula is C13H21N3. The first-order valence-corrected chi connectivity index (χ1v) is 6.15. The lowest BCUT2D eigenvalue weighted by molar-refractivity contribution is 0.479. The second kappa shape index (κ2) is 5.87. The van der Waals surface area contributed by atoms with Gasteiger partial charge in [-0.05, 0) is 50.5 Å². The van der Waals surface area contributed by atoms with E-state index in [0.29, 0.717) is 12.6 Å². The number of nitrogens with two attached hydrogens (primary N) is 1. The quantitative estimate of drug-likeness (QED) is 0.716. The molecule has 1 aliphatic heterocycles. The van der Waals surface area contributed by atoms with Gasteiger partial charge in [-0.2, -0.15) is 0 Å². The Hall–Kier alpha value is -1.06. The lowest BCUT2D eigenvalue weighted by atomic mass is 10.0. The summed E-state index contributed by atoms with van der Waals surface area (Å²) in [5.74, 6) is 0. The van der Waals surface area contributed by atoms with E-state index < -0.39 is 0 Å². The van der Waals surface area contributed by atoms with Gasteiger partial charge in [0.1, 0.15) is 0 Å². The Kier molecular flexibility index (Phi) is 4.19. The third kappa shape index (κ3) is 2.97. The Bertz CT molecular complexity index is 319. The summed E-state index contributed by atoms with van der Waals surface area (Å²) in [6, 6.07) is 9.10. The molecule has 0 spiro atoms. The average Bonchev–Trinajstić information content (AvgIpc) is 2.33. The first-order chi connectivity index (χ1) is 7.90. The molecule has 0 saturated carbocycles. The van der Waals surface area contributed by atoms with Crippen molar-refractivity contribution in [1.82, 2.24) is 5.32 Å². The van der Waals surface area contributed by atoms with Gasteiger partial charge >= 0.3 is 0 Å². The smallest absolute Gasteiger partial charge is 0.0375 e. The summed E-state index contributed by atoms with van der Waals surface area (Å²) in [5, 5.41) is 7.02. The molecule has 2 rings (SSSR count). The van der Waals surface area contributed by atoms with Gasteiger partial charge in [0.05, 0.1) is 0 Å². The Labute approximate surface area is 97.4 Å². The monoisotopic (exact) mass is 219 g/mol. The average molecular weight is 219 g/mol. The number of piperidine rings is 1. The van der Waals surface area contributed by atoms with Crippen LogP contribution in [0.25, 0.3) is 0 Å². The molecule has 3 nitrogen and oxygen atoms in total. The SMILES string of the molecule is NCCc1ccccc1NC1CCNCC1. The van der Waals surface area contributed by atoms with Crippen molar-refractivity contribution in [2.24, 2.45) is 5.73 Å². The van der Waals surface area contributed by atoms with Crippen LogP contribution in [0.2, 0.25) is 0 Å². The van der Waals surface area contributed by atoms with Crippen molar-refractivity contribution < 1.29 is 0 Å². The van der Waals surface area contributed by atoms with Crippen LogP contribution in [-0.4, -0.2) is 25.7 Å². The molecule has 0 aromatic heterocycles. The predicted molar refractivity (Wildman–Crippen MR) is 68.7 cm³/mol. The van der Waals surface area contributed by atoms with Crippen LogP contribution in [-0.2, 0) is 6.42 Å². The van der Waals surface area contributed by atoms with Crippen LogP contribution >= 0.6 is 0 Å². The lowest BCUT2D eigenvalue weighted by Crippen LogP contribution is -2.35. The van der Waals surface area contributed by atoms with Crippen molar-refractivity contribution in [2.75, 3.05) is 25.0 Å². The van der Waals surface area contributed by atoms with E-state index >= 15 is 0 Å². The third-order valence-electron chi connectivity index (χ3n) is 3.13. The summed E-state index contributed by atoms with van der Waals surface area (Å²) in [7, 11) is 0. The molecule has 1 heterocycles. The highest BCUT2D eigenvalue weighted by Crippen LogP contribution is 2.18. The number of anilines is 1. The fraction of sp³-hybridized carbons (Fsp3) is 0.538. The highest BCUT2D eigenvalue weighted by atomic mass is 15.0. The van der Waals surface area contributed by atoms with Crippen molar-refractivity contribution in [3.63, 3.8) is 0 Å². The fourth-order valence-electron chi connectivity index (χ4n) is 2.22. The Morgan fingerprint density at radius 3 is 2.75 bits per heavy atom.